The van der Waals surface area contributed by atoms with E-state index in [1.807, 2.05) is 36.0 Å². The molecule has 0 spiro atoms. The number of nitrogens with one attached hydrogen (secondary N) is 2. The highest BCUT2D eigenvalue weighted by Gasteiger charge is 2.28. The SMILES string of the molecule is CC(=O)Nc1ccccc1CNCC1(O)CCSCC1. The van der Waals surface area contributed by atoms with Crippen LogP contribution < -0.4 is 10.6 Å². The van der Waals surface area contributed by atoms with Gasteiger partial charge in [-0.3, -0.25) is 4.79 Å². The highest BCUT2D eigenvalue weighted by molar-refractivity contribution is 7.99. The Morgan fingerprint density at radius 1 is 1.35 bits per heavy atom. The van der Waals surface area contributed by atoms with Gasteiger partial charge in [-0.2, -0.15) is 11.8 Å². The normalized spacial score (nSPS) is 17.7. The molecule has 2 rings (SSSR count). The van der Waals surface area contributed by atoms with Crippen LogP contribution in [-0.2, 0) is 11.3 Å². The van der Waals surface area contributed by atoms with Crippen molar-refractivity contribution in [1.29, 1.82) is 0 Å². The highest BCUT2D eigenvalue weighted by Crippen LogP contribution is 2.26. The van der Waals surface area contributed by atoms with Gasteiger partial charge in [-0.25, -0.2) is 0 Å². The molecule has 1 fully saturated rings. The van der Waals surface area contributed by atoms with E-state index in [0.29, 0.717) is 13.1 Å². The van der Waals surface area contributed by atoms with Gasteiger partial charge in [-0.05, 0) is 36.0 Å². The van der Waals surface area contributed by atoms with E-state index in [-0.39, 0.29) is 5.91 Å². The Balaban J connectivity index is 1.89. The molecule has 0 radical (unpaired) electrons. The number of thioether (sulfide) groups is 1. The molecule has 1 heterocycles. The van der Waals surface area contributed by atoms with E-state index in [4.69, 9.17) is 0 Å². The predicted octanol–water partition coefficient (Wildman–Crippen LogP) is 1.99. The number of carbonyl (C=O) groups excluding carboxylic acids is 1. The van der Waals surface area contributed by atoms with E-state index >= 15 is 0 Å². The minimum atomic E-state index is -0.575. The zero-order valence-corrected chi connectivity index (χ0v) is 12.6. The third-order valence-corrected chi connectivity index (χ3v) is 4.51. The van der Waals surface area contributed by atoms with Crippen LogP contribution in [0.2, 0.25) is 0 Å². The number of rotatable bonds is 5. The first-order valence-corrected chi connectivity index (χ1v) is 8.11. The van der Waals surface area contributed by atoms with Gasteiger partial charge in [0.1, 0.15) is 0 Å². The lowest BCUT2D eigenvalue weighted by Crippen LogP contribution is -2.43. The molecule has 1 aromatic rings. The first-order valence-electron chi connectivity index (χ1n) is 6.95. The number of anilines is 1. The van der Waals surface area contributed by atoms with Gasteiger partial charge < -0.3 is 15.7 Å². The van der Waals surface area contributed by atoms with Crippen molar-refractivity contribution < 1.29 is 9.90 Å². The van der Waals surface area contributed by atoms with Gasteiger partial charge in [0, 0.05) is 25.7 Å². The van der Waals surface area contributed by atoms with Crippen molar-refractivity contribution in [2.75, 3.05) is 23.4 Å². The maximum atomic E-state index is 11.2. The molecular formula is C15H22N2O2S. The van der Waals surface area contributed by atoms with Crippen LogP contribution in [0.3, 0.4) is 0 Å². The van der Waals surface area contributed by atoms with E-state index in [1.165, 1.54) is 6.92 Å². The molecule has 0 saturated carbocycles. The first-order chi connectivity index (χ1) is 9.59. The number of hydrogen-bond donors (Lipinski definition) is 3. The minimum Gasteiger partial charge on any atom is -0.389 e. The molecule has 1 aliphatic heterocycles. The fourth-order valence-corrected chi connectivity index (χ4v) is 3.60. The van der Waals surface area contributed by atoms with Crippen molar-refractivity contribution in [2.24, 2.45) is 0 Å². The van der Waals surface area contributed by atoms with Crippen LogP contribution in [0.4, 0.5) is 5.69 Å². The van der Waals surface area contributed by atoms with Crippen LogP contribution in [0, 0.1) is 0 Å². The molecule has 1 saturated heterocycles. The molecule has 1 aliphatic rings. The van der Waals surface area contributed by atoms with Crippen molar-refractivity contribution in [3.63, 3.8) is 0 Å². The van der Waals surface area contributed by atoms with Crippen molar-refractivity contribution in [2.45, 2.75) is 31.9 Å². The largest absolute Gasteiger partial charge is 0.389 e. The van der Waals surface area contributed by atoms with Crippen LogP contribution in [0.5, 0.6) is 0 Å². The average Bonchev–Trinajstić information content (AvgIpc) is 2.41. The summed E-state index contributed by atoms with van der Waals surface area (Å²) in [4.78, 5) is 11.2. The summed E-state index contributed by atoms with van der Waals surface area (Å²) >= 11 is 1.90. The van der Waals surface area contributed by atoms with Gasteiger partial charge in [0.05, 0.1) is 5.60 Å². The van der Waals surface area contributed by atoms with Crippen molar-refractivity contribution in [3.8, 4) is 0 Å². The van der Waals surface area contributed by atoms with Crippen molar-refractivity contribution in [1.82, 2.24) is 5.32 Å². The van der Waals surface area contributed by atoms with Gasteiger partial charge >= 0.3 is 0 Å². The lowest BCUT2D eigenvalue weighted by Gasteiger charge is -2.32. The number of benzene rings is 1. The molecule has 3 N–H and O–H groups in total. The Labute approximate surface area is 124 Å². The Morgan fingerprint density at radius 3 is 2.75 bits per heavy atom. The zero-order valence-electron chi connectivity index (χ0n) is 11.8. The van der Waals surface area contributed by atoms with E-state index < -0.39 is 5.60 Å². The third-order valence-electron chi connectivity index (χ3n) is 3.52. The molecule has 0 bridgehead atoms. The standard InChI is InChI=1S/C15H22N2O2S/c1-12(18)17-14-5-3-2-4-13(14)10-16-11-15(19)6-8-20-9-7-15/h2-5,16,19H,6-11H2,1H3,(H,17,18). The molecular weight excluding hydrogens is 272 g/mol. The Hall–Kier alpha value is -1.04. The highest BCUT2D eigenvalue weighted by atomic mass is 32.2. The average molecular weight is 294 g/mol. The summed E-state index contributed by atoms with van der Waals surface area (Å²) in [7, 11) is 0. The number of para-hydroxylation sites is 1. The zero-order chi connectivity index (χ0) is 14.4. The topological polar surface area (TPSA) is 61.4 Å². The second-order valence-electron chi connectivity index (χ2n) is 5.28. The van der Waals surface area contributed by atoms with Gasteiger partial charge in [0.2, 0.25) is 5.91 Å². The number of carbonyl (C=O) groups is 1. The van der Waals surface area contributed by atoms with Crippen LogP contribution in [0.1, 0.15) is 25.3 Å². The van der Waals surface area contributed by atoms with Gasteiger partial charge in [-0.1, -0.05) is 18.2 Å². The summed E-state index contributed by atoms with van der Waals surface area (Å²) in [5.41, 5.74) is 1.30. The first kappa shape index (κ1) is 15.4. The lowest BCUT2D eigenvalue weighted by atomic mass is 9.97. The molecule has 110 valence electrons. The fraction of sp³-hybridized carbons (Fsp3) is 0.533. The van der Waals surface area contributed by atoms with E-state index in [0.717, 1.165) is 35.6 Å². The Kier molecular flexibility index (Phi) is 5.46. The molecule has 1 aromatic carbocycles. The summed E-state index contributed by atoms with van der Waals surface area (Å²) in [6, 6.07) is 7.73. The second kappa shape index (κ2) is 7.11. The molecule has 20 heavy (non-hydrogen) atoms. The third kappa shape index (κ3) is 4.51. The Bertz CT molecular complexity index is 459. The summed E-state index contributed by atoms with van der Waals surface area (Å²) in [6.45, 7) is 2.75. The van der Waals surface area contributed by atoms with E-state index in [9.17, 15) is 9.90 Å². The fourth-order valence-electron chi connectivity index (χ4n) is 2.34. The maximum absolute atomic E-state index is 11.2. The molecule has 0 atom stereocenters. The van der Waals surface area contributed by atoms with Gasteiger partial charge in [0.15, 0.2) is 0 Å². The Morgan fingerprint density at radius 2 is 2.05 bits per heavy atom. The van der Waals surface area contributed by atoms with Crippen LogP contribution in [0.15, 0.2) is 24.3 Å². The molecule has 4 nitrogen and oxygen atoms in total. The molecule has 0 unspecified atom stereocenters. The van der Waals surface area contributed by atoms with Crippen LogP contribution in [-0.4, -0.2) is 34.7 Å². The molecule has 1 amide bonds. The summed E-state index contributed by atoms with van der Waals surface area (Å²) in [6.07, 6.45) is 1.69. The second-order valence-corrected chi connectivity index (χ2v) is 6.50. The monoisotopic (exact) mass is 294 g/mol. The number of amides is 1. The van der Waals surface area contributed by atoms with Gasteiger partial charge in [-0.15, -0.1) is 0 Å². The quantitative estimate of drug-likeness (QED) is 0.777. The summed E-state index contributed by atoms with van der Waals surface area (Å²) < 4.78 is 0. The van der Waals surface area contributed by atoms with Crippen molar-refractivity contribution >= 4 is 23.4 Å². The molecule has 5 heteroatoms. The summed E-state index contributed by atoms with van der Waals surface area (Å²) in [5.74, 6) is 1.99. The van der Waals surface area contributed by atoms with Gasteiger partial charge in [0.25, 0.3) is 0 Å². The minimum absolute atomic E-state index is 0.0691. The van der Waals surface area contributed by atoms with Crippen LogP contribution in [0.25, 0.3) is 0 Å². The van der Waals surface area contributed by atoms with Crippen LogP contribution >= 0.6 is 11.8 Å². The molecule has 0 aromatic heterocycles. The summed E-state index contributed by atoms with van der Waals surface area (Å²) in [5, 5.41) is 16.6. The molecule has 0 aliphatic carbocycles. The smallest absolute Gasteiger partial charge is 0.221 e. The number of aliphatic hydroxyl groups is 1. The lowest BCUT2D eigenvalue weighted by molar-refractivity contribution is -0.114. The van der Waals surface area contributed by atoms with Crippen molar-refractivity contribution in [3.05, 3.63) is 29.8 Å². The predicted molar refractivity (Wildman–Crippen MR) is 84.0 cm³/mol. The van der Waals surface area contributed by atoms with E-state index in [2.05, 4.69) is 10.6 Å². The van der Waals surface area contributed by atoms with E-state index in [1.54, 1.807) is 0 Å². The number of hydrogen-bond acceptors (Lipinski definition) is 4. The maximum Gasteiger partial charge on any atom is 0.221 e.